The van der Waals surface area contributed by atoms with Crippen LogP contribution in [0.1, 0.15) is 187 Å². The van der Waals surface area contributed by atoms with Gasteiger partial charge in [-0.3, -0.25) is 4.79 Å². The highest BCUT2D eigenvalue weighted by Crippen LogP contribution is 2.22. The fraction of sp³-hybridized carbons (Fsp3) is 0.927. The summed E-state index contributed by atoms with van der Waals surface area (Å²) in [4.78, 5) is 12.0. The lowest BCUT2D eigenvalue weighted by Gasteiger charge is -2.40. The number of hydrogen-bond donors (Lipinski definition) is 6. The predicted octanol–water partition coefficient (Wildman–Crippen LogP) is 7.78. The van der Waals surface area contributed by atoms with E-state index >= 15 is 0 Å². The fourth-order valence-electron chi connectivity index (χ4n) is 6.71. The second kappa shape index (κ2) is 32.6. The molecule has 0 radical (unpaired) electrons. The highest BCUT2D eigenvalue weighted by Gasteiger charge is 2.44. The van der Waals surface area contributed by atoms with Crippen molar-refractivity contribution in [3.8, 4) is 0 Å². The Bertz CT molecular complexity index is 797. The number of carbonyl (C=O) groups excluding carboxylic acids is 1. The molecule has 7 unspecified atom stereocenters. The van der Waals surface area contributed by atoms with Crippen LogP contribution < -0.4 is 5.32 Å². The van der Waals surface area contributed by atoms with Gasteiger partial charge >= 0.3 is 0 Å². The van der Waals surface area contributed by atoms with E-state index in [0.29, 0.717) is 0 Å². The molecule has 1 rings (SSSR count). The summed E-state index contributed by atoms with van der Waals surface area (Å²) in [5.74, 6) is -0.264. The summed E-state index contributed by atoms with van der Waals surface area (Å²) in [6.45, 7) is 3.23. The summed E-state index contributed by atoms with van der Waals surface area (Å²) >= 11 is 0. The topological polar surface area (TPSA) is 149 Å². The Hall–Kier alpha value is -1.07. The Balaban J connectivity index is 1.99. The minimum atomic E-state index is -1.56. The molecule has 0 spiro atoms. The number of carbonyl (C=O) groups is 1. The largest absolute Gasteiger partial charge is 0.394 e. The fourth-order valence-corrected chi connectivity index (χ4v) is 6.71. The van der Waals surface area contributed by atoms with Crippen molar-refractivity contribution in [2.75, 3.05) is 13.2 Å². The second-order valence-corrected chi connectivity index (χ2v) is 14.8. The maximum Gasteiger partial charge on any atom is 0.220 e. The van der Waals surface area contributed by atoms with Crippen LogP contribution >= 0.6 is 0 Å². The number of hydrogen-bond acceptors (Lipinski definition) is 8. The summed E-state index contributed by atoms with van der Waals surface area (Å²) in [7, 11) is 0. The third kappa shape index (κ3) is 23.5. The van der Waals surface area contributed by atoms with Crippen LogP contribution in [0.15, 0.2) is 12.2 Å². The van der Waals surface area contributed by atoms with Crippen LogP contribution in [0, 0.1) is 0 Å². The molecular weight excluding hydrogens is 634 g/mol. The van der Waals surface area contributed by atoms with Gasteiger partial charge in [0.05, 0.1) is 25.4 Å². The first-order chi connectivity index (χ1) is 24.3. The van der Waals surface area contributed by atoms with Crippen molar-refractivity contribution in [1.29, 1.82) is 0 Å². The molecule has 9 heteroatoms. The summed E-state index contributed by atoms with van der Waals surface area (Å²) in [6.07, 6.45) is 30.9. The number of unbranched alkanes of at least 4 members (excludes halogenated alkanes) is 25. The van der Waals surface area contributed by atoms with Gasteiger partial charge in [0.1, 0.15) is 24.4 Å². The van der Waals surface area contributed by atoms with Gasteiger partial charge in [-0.25, -0.2) is 0 Å². The zero-order valence-electron chi connectivity index (χ0n) is 32.2. The number of allylic oxidation sites excluding steroid dienone is 1. The average Bonchev–Trinajstić information content (AvgIpc) is 3.12. The van der Waals surface area contributed by atoms with Gasteiger partial charge in [-0.15, -0.1) is 0 Å². The van der Waals surface area contributed by atoms with Gasteiger partial charge in [0.2, 0.25) is 5.91 Å². The molecule has 7 atom stereocenters. The molecule has 0 aliphatic carbocycles. The van der Waals surface area contributed by atoms with E-state index < -0.39 is 49.5 Å². The van der Waals surface area contributed by atoms with Gasteiger partial charge in [0.15, 0.2) is 6.29 Å². The molecule has 9 nitrogen and oxygen atoms in total. The Kier molecular flexibility index (Phi) is 30.6. The Morgan fingerprint density at radius 2 is 1.08 bits per heavy atom. The van der Waals surface area contributed by atoms with Crippen molar-refractivity contribution in [2.24, 2.45) is 0 Å². The summed E-state index contributed by atoms with van der Waals surface area (Å²) in [5, 5.41) is 53.0. The van der Waals surface area contributed by atoms with Crippen molar-refractivity contribution >= 4 is 5.91 Å². The van der Waals surface area contributed by atoms with Crippen LogP contribution in [0.2, 0.25) is 0 Å². The Morgan fingerprint density at radius 1 is 0.660 bits per heavy atom. The molecule has 0 aromatic heterocycles. The molecule has 50 heavy (non-hydrogen) atoms. The monoisotopic (exact) mass is 714 g/mol. The summed E-state index contributed by atoms with van der Waals surface area (Å²) in [5.41, 5.74) is 0. The Labute approximate surface area is 306 Å². The molecule has 1 heterocycles. The number of ether oxygens (including phenoxy) is 2. The van der Waals surface area contributed by atoms with E-state index in [1.807, 2.05) is 6.08 Å². The van der Waals surface area contributed by atoms with Crippen LogP contribution in [0.4, 0.5) is 0 Å². The van der Waals surface area contributed by atoms with E-state index in [1.165, 1.54) is 148 Å². The van der Waals surface area contributed by atoms with E-state index in [2.05, 4.69) is 12.2 Å². The van der Waals surface area contributed by atoms with E-state index in [1.54, 1.807) is 13.0 Å². The third-order valence-electron chi connectivity index (χ3n) is 10.2. The van der Waals surface area contributed by atoms with Gasteiger partial charge in [-0.05, 0) is 12.8 Å². The molecule has 0 aromatic carbocycles. The van der Waals surface area contributed by atoms with Gasteiger partial charge in [0.25, 0.3) is 0 Å². The first-order valence-electron chi connectivity index (χ1n) is 20.9. The molecule has 0 aromatic rings. The highest BCUT2D eigenvalue weighted by atomic mass is 16.7. The molecule has 1 fully saturated rings. The SMILES string of the molecule is CCCCCCCCCCCCCCCCCCCCCCCCCCC/C=C/C(O)C(COC1OC(CO)C(O)C(O)C1O)NC(=O)CC. The zero-order chi connectivity index (χ0) is 36.7. The maximum absolute atomic E-state index is 12.0. The van der Waals surface area contributed by atoms with E-state index in [0.717, 1.165) is 19.3 Å². The van der Waals surface area contributed by atoms with Crippen LogP contribution in [-0.4, -0.2) is 87.5 Å². The van der Waals surface area contributed by atoms with E-state index in [-0.39, 0.29) is 18.9 Å². The smallest absolute Gasteiger partial charge is 0.220 e. The number of aliphatic hydroxyl groups excluding tert-OH is 5. The van der Waals surface area contributed by atoms with Gasteiger partial charge in [-0.2, -0.15) is 0 Å². The average molecular weight is 714 g/mol. The highest BCUT2D eigenvalue weighted by molar-refractivity contribution is 5.75. The van der Waals surface area contributed by atoms with Crippen LogP contribution in [0.25, 0.3) is 0 Å². The quantitative estimate of drug-likeness (QED) is 0.0293. The molecule has 0 bridgehead atoms. The summed E-state index contributed by atoms with van der Waals surface area (Å²) in [6, 6.07) is -0.796. The van der Waals surface area contributed by atoms with Crippen molar-refractivity contribution in [2.45, 2.75) is 230 Å². The van der Waals surface area contributed by atoms with E-state index in [9.17, 15) is 30.3 Å². The molecule has 1 amide bonds. The van der Waals surface area contributed by atoms with Crippen molar-refractivity contribution in [3.63, 3.8) is 0 Å². The van der Waals surface area contributed by atoms with Gasteiger partial charge in [-0.1, -0.05) is 180 Å². The second-order valence-electron chi connectivity index (χ2n) is 14.8. The molecule has 296 valence electrons. The number of nitrogens with one attached hydrogen (secondary N) is 1. The molecule has 6 N–H and O–H groups in total. The summed E-state index contributed by atoms with van der Waals surface area (Å²) < 4.78 is 10.9. The molecule has 1 saturated heterocycles. The van der Waals surface area contributed by atoms with Crippen LogP contribution in [0.5, 0.6) is 0 Å². The van der Waals surface area contributed by atoms with Crippen molar-refractivity contribution < 1.29 is 39.8 Å². The standard InChI is InChI=1S/C41H79NO8/c1-3-5-6-7-8-9-10-11-12-13-14-15-16-17-18-19-20-21-22-23-24-25-26-27-28-29-30-31-35(44)34(42-37(45)4-2)33-49-41-40(48)39(47)38(46)36(32-43)50-41/h30-31,34-36,38-41,43-44,46-48H,3-29,32-33H2,1-2H3,(H,42,45)/b31-30+. The molecule has 1 aliphatic heterocycles. The Morgan fingerprint density at radius 3 is 1.48 bits per heavy atom. The normalized spacial score (nSPS) is 22.3. The maximum atomic E-state index is 12.0. The first-order valence-corrected chi connectivity index (χ1v) is 20.9. The molecular formula is C41H79NO8. The van der Waals surface area contributed by atoms with Crippen LogP contribution in [0.3, 0.4) is 0 Å². The number of aliphatic hydroxyl groups is 5. The molecule has 0 saturated carbocycles. The van der Waals surface area contributed by atoms with Crippen molar-refractivity contribution in [1.82, 2.24) is 5.32 Å². The van der Waals surface area contributed by atoms with Gasteiger partial charge in [0, 0.05) is 6.42 Å². The lowest BCUT2D eigenvalue weighted by Crippen LogP contribution is -2.60. The van der Waals surface area contributed by atoms with E-state index in [4.69, 9.17) is 9.47 Å². The van der Waals surface area contributed by atoms with Gasteiger partial charge < -0.3 is 40.3 Å². The number of amides is 1. The zero-order valence-corrected chi connectivity index (χ0v) is 32.2. The van der Waals surface area contributed by atoms with Crippen molar-refractivity contribution in [3.05, 3.63) is 12.2 Å². The lowest BCUT2D eigenvalue weighted by atomic mass is 9.99. The minimum Gasteiger partial charge on any atom is -0.394 e. The third-order valence-corrected chi connectivity index (χ3v) is 10.2. The molecule has 1 aliphatic rings. The predicted molar refractivity (Wildman–Crippen MR) is 203 cm³/mol. The lowest BCUT2D eigenvalue weighted by molar-refractivity contribution is -0.302. The number of rotatable bonds is 34. The minimum absolute atomic E-state index is 0.195. The van der Waals surface area contributed by atoms with Crippen LogP contribution in [-0.2, 0) is 14.3 Å². The first kappa shape index (κ1) is 47.0.